The highest BCUT2D eigenvalue weighted by molar-refractivity contribution is 7.09. The summed E-state index contributed by atoms with van der Waals surface area (Å²) in [7, 11) is 0. The molecule has 1 atom stereocenters. The van der Waals surface area contributed by atoms with E-state index < -0.39 is 0 Å². The maximum Gasteiger partial charge on any atom is 0.224 e. The van der Waals surface area contributed by atoms with Crippen molar-refractivity contribution in [2.45, 2.75) is 69.9 Å². The number of nitrogens with one attached hydrogen (secondary N) is 1. The summed E-state index contributed by atoms with van der Waals surface area (Å²) in [6, 6.07) is 0.477. The Kier molecular flexibility index (Phi) is 4.67. The van der Waals surface area contributed by atoms with Crippen LogP contribution in [0.25, 0.3) is 0 Å². The minimum Gasteiger partial charge on any atom is -0.353 e. The maximum atomic E-state index is 12.3. The van der Waals surface area contributed by atoms with Gasteiger partial charge in [-0.1, -0.05) is 12.8 Å². The highest BCUT2D eigenvalue weighted by atomic mass is 32.1. The predicted molar refractivity (Wildman–Crippen MR) is 92.5 cm³/mol. The van der Waals surface area contributed by atoms with Crippen molar-refractivity contribution in [2.75, 3.05) is 13.1 Å². The standard InChI is InChI=1S/C18H27N3OS/c22-17(19-15-7-8-15)14-6-3-9-21(10-14)11-16-12-23-18(20-16)13-4-1-2-5-13/h12-15H,1-11H2,(H,19,22). The molecule has 126 valence electrons. The summed E-state index contributed by atoms with van der Waals surface area (Å²) in [5.74, 6) is 1.17. The summed E-state index contributed by atoms with van der Waals surface area (Å²) in [6.45, 7) is 2.91. The van der Waals surface area contributed by atoms with Gasteiger partial charge >= 0.3 is 0 Å². The number of carbonyl (C=O) groups is 1. The lowest BCUT2D eigenvalue weighted by molar-refractivity contribution is -0.126. The van der Waals surface area contributed by atoms with E-state index >= 15 is 0 Å². The molecule has 1 unspecified atom stereocenters. The van der Waals surface area contributed by atoms with Gasteiger partial charge in [0.25, 0.3) is 0 Å². The molecule has 3 fully saturated rings. The van der Waals surface area contributed by atoms with Crippen LogP contribution in [0, 0.1) is 5.92 Å². The number of aromatic nitrogens is 1. The number of rotatable bonds is 5. The zero-order valence-electron chi connectivity index (χ0n) is 13.8. The minimum atomic E-state index is 0.178. The van der Waals surface area contributed by atoms with Crippen molar-refractivity contribution >= 4 is 17.2 Å². The van der Waals surface area contributed by atoms with E-state index in [1.807, 2.05) is 11.3 Å². The summed E-state index contributed by atoms with van der Waals surface area (Å²) in [5, 5.41) is 6.75. The molecular weight excluding hydrogens is 306 g/mol. The van der Waals surface area contributed by atoms with Gasteiger partial charge in [-0.15, -0.1) is 11.3 Å². The van der Waals surface area contributed by atoms with Crippen molar-refractivity contribution in [3.05, 3.63) is 16.1 Å². The van der Waals surface area contributed by atoms with Gasteiger partial charge < -0.3 is 5.32 Å². The number of hydrogen-bond acceptors (Lipinski definition) is 4. The first kappa shape index (κ1) is 15.6. The number of likely N-dealkylation sites (tertiary alicyclic amines) is 1. The lowest BCUT2D eigenvalue weighted by Gasteiger charge is -2.31. The average Bonchev–Trinajstić information content (AvgIpc) is 3.04. The molecule has 2 heterocycles. The van der Waals surface area contributed by atoms with E-state index in [1.54, 1.807) is 0 Å². The van der Waals surface area contributed by atoms with Gasteiger partial charge in [0.1, 0.15) is 0 Å². The molecule has 1 aromatic heterocycles. The Morgan fingerprint density at radius 3 is 2.83 bits per heavy atom. The number of thiazole rings is 1. The van der Waals surface area contributed by atoms with Crippen LogP contribution in [0.1, 0.15) is 68.0 Å². The fourth-order valence-electron chi connectivity index (χ4n) is 3.94. The van der Waals surface area contributed by atoms with Crippen LogP contribution in [-0.4, -0.2) is 34.9 Å². The van der Waals surface area contributed by atoms with Gasteiger partial charge in [-0.25, -0.2) is 4.98 Å². The number of piperidine rings is 1. The van der Waals surface area contributed by atoms with Crippen LogP contribution in [0.4, 0.5) is 0 Å². The van der Waals surface area contributed by atoms with Gasteiger partial charge in [0, 0.05) is 30.4 Å². The van der Waals surface area contributed by atoms with Crippen LogP contribution < -0.4 is 5.32 Å². The van der Waals surface area contributed by atoms with Gasteiger partial charge in [0.05, 0.1) is 16.6 Å². The van der Waals surface area contributed by atoms with Crippen molar-refractivity contribution in [1.29, 1.82) is 0 Å². The molecule has 2 aliphatic carbocycles. The molecule has 0 spiro atoms. The van der Waals surface area contributed by atoms with Crippen molar-refractivity contribution in [1.82, 2.24) is 15.2 Å². The number of carbonyl (C=O) groups excluding carboxylic acids is 1. The smallest absolute Gasteiger partial charge is 0.224 e. The Morgan fingerprint density at radius 1 is 1.22 bits per heavy atom. The van der Waals surface area contributed by atoms with Gasteiger partial charge in [-0.05, 0) is 45.1 Å². The van der Waals surface area contributed by atoms with E-state index in [1.165, 1.54) is 49.2 Å². The van der Waals surface area contributed by atoms with Crippen molar-refractivity contribution in [3.63, 3.8) is 0 Å². The molecule has 0 aromatic carbocycles. The minimum absolute atomic E-state index is 0.178. The topological polar surface area (TPSA) is 45.2 Å². The second-order valence-corrected chi connectivity index (χ2v) is 8.41. The van der Waals surface area contributed by atoms with Crippen molar-refractivity contribution in [2.24, 2.45) is 5.92 Å². The summed E-state index contributed by atoms with van der Waals surface area (Å²) in [5.41, 5.74) is 1.21. The van der Waals surface area contributed by atoms with Gasteiger partial charge in [0.15, 0.2) is 0 Å². The van der Waals surface area contributed by atoms with Crippen LogP contribution in [-0.2, 0) is 11.3 Å². The lowest BCUT2D eigenvalue weighted by Crippen LogP contribution is -2.43. The fourth-order valence-corrected chi connectivity index (χ4v) is 4.93. The molecule has 5 heteroatoms. The van der Waals surface area contributed by atoms with E-state index in [2.05, 4.69) is 15.6 Å². The zero-order chi connectivity index (χ0) is 15.6. The summed E-state index contributed by atoms with van der Waals surface area (Å²) >= 11 is 1.84. The average molecular weight is 334 g/mol. The highest BCUT2D eigenvalue weighted by Crippen LogP contribution is 2.35. The molecule has 23 heavy (non-hydrogen) atoms. The fraction of sp³-hybridized carbons (Fsp3) is 0.778. The third kappa shape index (κ3) is 3.94. The predicted octanol–water partition coefficient (Wildman–Crippen LogP) is 3.29. The second kappa shape index (κ2) is 6.89. The Balaban J connectivity index is 1.31. The second-order valence-electron chi connectivity index (χ2n) is 7.52. The Bertz CT molecular complexity index is 548. The quantitative estimate of drug-likeness (QED) is 0.899. The SMILES string of the molecule is O=C(NC1CC1)C1CCCN(Cc2csc(C3CCCC3)n2)C1. The summed E-state index contributed by atoms with van der Waals surface area (Å²) < 4.78 is 0. The Hall–Kier alpha value is -0.940. The largest absolute Gasteiger partial charge is 0.353 e. The molecule has 3 aliphatic rings. The van der Waals surface area contributed by atoms with E-state index in [0.717, 1.165) is 32.5 Å². The Morgan fingerprint density at radius 2 is 2.04 bits per heavy atom. The van der Waals surface area contributed by atoms with Crippen molar-refractivity contribution < 1.29 is 4.79 Å². The van der Waals surface area contributed by atoms with Crippen LogP contribution in [0.5, 0.6) is 0 Å². The van der Waals surface area contributed by atoms with Crippen LogP contribution in [0.2, 0.25) is 0 Å². The van der Waals surface area contributed by atoms with Crippen LogP contribution in [0.3, 0.4) is 0 Å². The van der Waals surface area contributed by atoms with Crippen LogP contribution >= 0.6 is 11.3 Å². The van der Waals surface area contributed by atoms with Gasteiger partial charge in [0.2, 0.25) is 5.91 Å². The third-order valence-electron chi connectivity index (χ3n) is 5.46. The highest BCUT2D eigenvalue weighted by Gasteiger charge is 2.30. The summed E-state index contributed by atoms with van der Waals surface area (Å²) in [4.78, 5) is 19.6. The molecule has 1 aliphatic heterocycles. The van der Waals surface area contributed by atoms with E-state index in [9.17, 15) is 4.79 Å². The Labute approximate surface area is 142 Å². The molecule has 1 N–H and O–H groups in total. The van der Waals surface area contributed by atoms with Crippen LogP contribution in [0.15, 0.2) is 5.38 Å². The van der Waals surface area contributed by atoms with Crippen molar-refractivity contribution in [3.8, 4) is 0 Å². The molecule has 1 aromatic rings. The third-order valence-corrected chi connectivity index (χ3v) is 6.52. The molecular formula is C18H27N3OS. The number of hydrogen-bond donors (Lipinski definition) is 1. The molecule has 1 saturated heterocycles. The van der Waals surface area contributed by atoms with E-state index in [-0.39, 0.29) is 11.8 Å². The van der Waals surface area contributed by atoms with E-state index in [0.29, 0.717) is 12.0 Å². The summed E-state index contributed by atoms with van der Waals surface area (Å²) in [6.07, 6.45) is 9.88. The van der Waals surface area contributed by atoms with E-state index in [4.69, 9.17) is 4.98 Å². The molecule has 4 nitrogen and oxygen atoms in total. The number of amides is 1. The normalized spacial score (nSPS) is 26.5. The first-order valence-corrected chi connectivity index (χ1v) is 10.1. The molecule has 2 saturated carbocycles. The van der Waals surface area contributed by atoms with Gasteiger partial charge in [-0.2, -0.15) is 0 Å². The van der Waals surface area contributed by atoms with Gasteiger partial charge in [-0.3, -0.25) is 9.69 Å². The number of nitrogens with zero attached hydrogens (tertiary/aromatic N) is 2. The first-order chi connectivity index (χ1) is 11.3. The monoisotopic (exact) mass is 333 g/mol. The lowest BCUT2D eigenvalue weighted by atomic mass is 9.97. The molecule has 4 rings (SSSR count). The first-order valence-electron chi connectivity index (χ1n) is 9.25. The molecule has 1 amide bonds. The molecule has 0 bridgehead atoms. The zero-order valence-corrected chi connectivity index (χ0v) is 14.6. The molecule has 0 radical (unpaired) electrons. The maximum absolute atomic E-state index is 12.3.